The first-order valence-corrected chi connectivity index (χ1v) is 2.50. The number of halogens is 2. The molecule has 0 aromatic rings. The van der Waals surface area contributed by atoms with E-state index in [4.69, 9.17) is 0 Å². The Labute approximate surface area is 50.8 Å². The molecule has 0 aromatic carbocycles. The van der Waals surface area contributed by atoms with Gasteiger partial charge in [0.15, 0.2) is 0 Å². The van der Waals surface area contributed by atoms with Crippen molar-refractivity contribution >= 4 is 0 Å². The van der Waals surface area contributed by atoms with Gasteiger partial charge in [0.25, 0.3) is 0 Å². The van der Waals surface area contributed by atoms with Crippen LogP contribution in [0.3, 0.4) is 0 Å². The molecule has 0 aliphatic carbocycles. The Hall–Kier alpha value is 0.494. The summed E-state index contributed by atoms with van der Waals surface area (Å²) in [6.07, 6.45) is 0. The molecule has 5 heteroatoms. The monoisotopic (exact) mass is 150 g/mol. The van der Waals surface area contributed by atoms with Gasteiger partial charge in [-0.25, -0.2) is 0 Å². The van der Waals surface area contributed by atoms with Crippen LogP contribution in [0.15, 0.2) is 0 Å². The zero-order valence-electron chi connectivity index (χ0n) is 4.13. The largest absolute Gasteiger partial charge is 0.269 e. The Balaban J connectivity index is -0.0000000800. The average Bonchev–Trinajstić information content (AvgIpc) is 1.41. The van der Waals surface area contributed by atoms with Crippen LogP contribution in [0.25, 0.3) is 0 Å². The molecule has 0 spiro atoms. The summed E-state index contributed by atoms with van der Waals surface area (Å²) in [4.78, 5) is 0. The summed E-state index contributed by atoms with van der Waals surface area (Å²) in [5.41, 5.74) is 0. The quantitative estimate of drug-likeness (QED) is 0.533. The third kappa shape index (κ3) is 21.1. The van der Waals surface area contributed by atoms with Gasteiger partial charge in [-0.05, 0) is 0 Å². The maximum absolute atomic E-state index is 4.59. The maximum Gasteiger partial charge on any atom is -0.269 e. The predicted octanol–water partition coefficient (Wildman–Crippen LogP) is 0.497. The standard InChI is InChI=1S/2CH3O.2FH.Ti/c2*1-2;;;/h2*1H3;2*1H;/q2*-1;;;+2. The zero-order valence-corrected chi connectivity index (χ0v) is 5.69. The SMILES string of the molecule is C[O][Ti][O]C.F.F. The van der Waals surface area contributed by atoms with Crippen LogP contribution in [0.1, 0.15) is 0 Å². The summed E-state index contributed by atoms with van der Waals surface area (Å²) in [5, 5.41) is 0. The van der Waals surface area contributed by atoms with Gasteiger partial charge in [0, 0.05) is 0 Å². The van der Waals surface area contributed by atoms with Gasteiger partial charge in [-0.15, -0.1) is 0 Å². The van der Waals surface area contributed by atoms with E-state index in [0.29, 0.717) is 0 Å². The first-order valence-electron chi connectivity index (χ1n) is 1.22. The zero-order chi connectivity index (χ0) is 4.12. The number of rotatable bonds is 2. The van der Waals surface area contributed by atoms with E-state index in [1.54, 1.807) is 14.2 Å². The van der Waals surface area contributed by atoms with Crippen molar-refractivity contribution in [3.63, 3.8) is 0 Å². The molecule has 0 amide bonds. The second kappa shape index (κ2) is 16.1. The van der Waals surface area contributed by atoms with Gasteiger partial charge < -0.3 is 0 Å². The van der Waals surface area contributed by atoms with Crippen LogP contribution in [-0.2, 0) is 26.6 Å². The van der Waals surface area contributed by atoms with Crippen LogP contribution >= 0.6 is 0 Å². The minimum atomic E-state index is -0.472. The van der Waals surface area contributed by atoms with Crippen LogP contribution in [-0.4, -0.2) is 14.2 Å². The molecule has 0 unspecified atom stereocenters. The smallest absolute Gasteiger partial charge is 0.269 e. The fourth-order valence-electron chi connectivity index (χ4n) is 0.0833. The summed E-state index contributed by atoms with van der Waals surface area (Å²) < 4.78 is 9.19. The minimum absolute atomic E-state index is 0. The van der Waals surface area contributed by atoms with Crippen LogP contribution in [0, 0.1) is 0 Å². The second-order valence-electron chi connectivity index (χ2n) is 0.492. The number of hydrogen-bond donors (Lipinski definition) is 0. The van der Waals surface area contributed by atoms with Crippen molar-refractivity contribution in [3.8, 4) is 0 Å². The van der Waals surface area contributed by atoms with Gasteiger partial charge >= 0.3 is 40.8 Å². The summed E-state index contributed by atoms with van der Waals surface area (Å²) in [6, 6.07) is 0. The fourth-order valence-corrected chi connectivity index (χ4v) is 0.344. The third-order valence-electron chi connectivity index (χ3n) is 0.167. The molecule has 0 saturated carbocycles. The van der Waals surface area contributed by atoms with Crippen molar-refractivity contribution in [1.82, 2.24) is 0 Å². The molecular weight excluding hydrogens is 142 g/mol. The molecule has 2 nitrogen and oxygen atoms in total. The Morgan fingerprint density at radius 1 is 1.00 bits per heavy atom. The topological polar surface area (TPSA) is 18.5 Å². The van der Waals surface area contributed by atoms with Gasteiger partial charge in [0.1, 0.15) is 0 Å². The van der Waals surface area contributed by atoms with Crippen LogP contribution in [0.5, 0.6) is 0 Å². The van der Waals surface area contributed by atoms with E-state index in [9.17, 15) is 0 Å². The second-order valence-corrected chi connectivity index (χ2v) is 2.03. The van der Waals surface area contributed by atoms with E-state index in [1.165, 1.54) is 0 Å². The fraction of sp³-hybridized carbons (Fsp3) is 1.00. The Morgan fingerprint density at radius 3 is 1.29 bits per heavy atom. The minimum Gasteiger partial charge on any atom is -0.269 e. The van der Waals surface area contributed by atoms with Crippen molar-refractivity contribution < 1.29 is 36.0 Å². The van der Waals surface area contributed by atoms with E-state index in [2.05, 4.69) is 6.64 Å². The Morgan fingerprint density at radius 2 is 1.29 bits per heavy atom. The van der Waals surface area contributed by atoms with Gasteiger partial charge in [-0.2, -0.15) is 0 Å². The third-order valence-corrected chi connectivity index (χ3v) is 0.687. The molecule has 0 aliphatic rings. The van der Waals surface area contributed by atoms with Gasteiger partial charge in [-0.3, -0.25) is 9.41 Å². The molecule has 0 rings (SSSR count). The molecule has 0 bridgehead atoms. The van der Waals surface area contributed by atoms with Crippen molar-refractivity contribution in [3.05, 3.63) is 0 Å². The van der Waals surface area contributed by atoms with Crippen molar-refractivity contribution in [2.45, 2.75) is 0 Å². The molecule has 0 heterocycles. The molecule has 7 heavy (non-hydrogen) atoms. The van der Waals surface area contributed by atoms with Gasteiger partial charge in [-0.1, -0.05) is 0 Å². The summed E-state index contributed by atoms with van der Waals surface area (Å²) in [5.74, 6) is 0. The molecule has 46 valence electrons. The van der Waals surface area contributed by atoms with Crippen LogP contribution in [0.4, 0.5) is 9.41 Å². The Kier molecular flexibility index (Phi) is 35.9. The van der Waals surface area contributed by atoms with Crippen molar-refractivity contribution in [2.24, 2.45) is 0 Å². The van der Waals surface area contributed by atoms with Crippen LogP contribution in [0.2, 0.25) is 0 Å². The van der Waals surface area contributed by atoms with Crippen molar-refractivity contribution in [1.29, 1.82) is 0 Å². The van der Waals surface area contributed by atoms with E-state index < -0.39 is 19.9 Å². The first-order chi connectivity index (χ1) is 2.41. The average molecular weight is 150 g/mol. The maximum atomic E-state index is 4.59. The van der Waals surface area contributed by atoms with E-state index >= 15 is 0 Å². The van der Waals surface area contributed by atoms with E-state index in [-0.39, 0.29) is 9.41 Å². The molecule has 0 N–H and O–H groups in total. The summed E-state index contributed by atoms with van der Waals surface area (Å²) in [6.45, 7) is 0. The van der Waals surface area contributed by atoms with Crippen LogP contribution < -0.4 is 0 Å². The first kappa shape index (κ1) is 15.6. The molecule has 0 aromatic heterocycles. The summed E-state index contributed by atoms with van der Waals surface area (Å²) >= 11 is -0.472. The van der Waals surface area contributed by atoms with E-state index in [0.717, 1.165) is 0 Å². The normalized spacial score (nSPS) is 5.43. The molecule has 0 atom stereocenters. The molecular formula is C2H8F2O2Ti. The molecule has 0 fully saturated rings. The Bertz CT molecular complexity index is 21.2. The van der Waals surface area contributed by atoms with E-state index in [1.807, 2.05) is 0 Å². The molecule has 0 saturated heterocycles. The number of hydrogen-bond acceptors (Lipinski definition) is 2. The summed E-state index contributed by atoms with van der Waals surface area (Å²) in [7, 11) is 3.28. The predicted molar refractivity (Wildman–Crippen MR) is 19.0 cm³/mol. The van der Waals surface area contributed by atoms with Gasteiger partial charge in [0.05, 0.1) is 0 Å². The van der Waals surface area contributed by atoms with Gasteiger partial charge in [0.2, 0.25) is 0 Å². The van der Waals surface area contributed by atoms with Crippen molar-refractivity contribution in [2.75, 3.05) is 14.2 Å². The molecule has 0 radical (unpaired) electrons. The molecule has 0 aliphatic heterocycles.